The molecular formula is C23H25N3O4S. The van der Waals surface area contributed by atoms with Crippen molar-refractivity contribution in [2.75, 3.05) is 18.0 Å². The zero-order valence-electron chi connectivity index (χ0n) is 17.6. The predicted molar refractivity (Wildman–Crippen MR) is 119 cm³/mol. The Kier molecular flexibility index (Phi) is 5.45. The number of piperidine rings is 1. The van der Waals surface area contributed by atoms with Crippen LogP contribution in [0.1, 0.15) is 36.0 Å². The second-order valence-electron chi connectivity index (χ2n) is 8.05. The van der Waals surface area contributed by atoms with E-state index in [1.165, 1.54) is 24.3 Å². The van der Waals surface area contributed by atoms with E-state index in [0.29, 0.717) is 22.5 Å². The third-order valence-electron chi connectivity index (χ3n) is 5.95. The number of amides is 2. The molecule has 2 N–H and O–H groups in total. The second-order valence-corrected chi connectivity index (χ2v) is 9.62. The lowest BCUT2D eigenvalue weighted by atomic mass is 9.98. The molecular weight excluding hydrogens is 414 g/mol. The quantitative estimate of drug-likeness (QED) is 0.738. The summed E-state index contributed by atoms with van der Waals surface area (Å²) < 4.78 is 23.1. The van der Waals surface area contributed by atoms with Crippen molar-refractivity contribution in [3.63, 3.8) is 0 Å². The number of sulfonamides is 1. The molecule has 0 atom stereocenters. The van der Waals surface area contributed by atoms with Gasteiger partial charge in [-0.15, -0.1) is 0 Å². The van der Waals surface area contributed by atoms with Crippen LogP contribution in [0.15, 0.2) is 53.1 Å². The Morgan fingerprint density at radius 2 is 1.48 bits per heavy atom. The molecule has 0 spiro atoms. The minimum absolute atomic E-state index is 0.0751. The molecule has 0 bridgehead atoms. The van der Waals surface area contributed by atoms with E-state index in [2.05, 4.69) is 0 Å². The summed E-state index contributed by atoms with van der Waals surface area (Å²) in [6.07, 6.45) is 3.03. The fourth-order valence-electron chi connectivity index (χ4n) is 4.11. The van der Waals surface area contributed by atoms with Crippen LogP contribution in [0.4, 0.5) is 5.69 Å². The van der Waals surface area contributed by atoms with E-state index in [1.807, 2.05) is 36.9 Å². The molecule has 0 radical (unpaired) electrons. The molecule has 0 aliphatic carbocycles. The number of carbonyl (C=O) groups is 2. The van der Waals surface area contributed by atoms with Crippen LogP contribution < -0.4 is 10.0 Å². The number of hydrogen-bond acceptors (Lipinski definition) is 5. The maximum atomic E-state index is 13.5. The van der Waals surface area contributed by atoms with Crippen LogP contribution >= 0.6 is 0 Å². The molecule has 1 saturated heterocycles. The number of hydrogen-bond donors (Lipinski definition) is 1. The van der Waals surface area contributed by atoms with Gasteiger partial charge in [-0.05, 0) is 74.1 Å². The lowest BCUT2D eigenvalue weighted by Crippen LogP contribution is -2.37. The summed E-state index contributed by atoms with van der Waals surface area (Å²) in [7, 11) is -3.87. The normalized spacial score (nSPS) is 17.6. The maximum Gasteiger partial charge on any atom is 0.282 e. The molecule has 2 amide bonds. The van der Waals surface area contributed by atoms with Crippen LogP contribution in [0.25, 0.3) is 5.57 Å². The number of primary sulfonamides is 1. The van der Waals surface area contributed by atoms with Crippen LogP contribution in [-0.2, 0) is 19.6 Å². The number of rotatable bonds is 4. The topological polar surface area (TPSA) is 101 Å². The zero-order valence-corrected chi connectivity index (χ0v) is 18.4. The summed E-state index contributed by atoms with van der Waals surface area (Å²) in [6, 6.07) is 11.2. The number of nitrogens with two attached hydrogens (primary N) is 1. The Labute approximate surface area is 182 Å². The third kappa shape index (κ3) is 3.88. The van der Waals surface area contributed by atoms with Crippen molar-refractivity contribution in [2.45, 2.75) is 38.0 Å². The van der Waals surface area contributed by atoms with Crippen LogP contribution in [0, 0.1) is 13.8 Å². The largest absolute Gasteiger partial charge is 0.366 e. The molecule has 0 unspecified atom stereocenters. The van der Waals surface area contributed by atoms with Gasteiger partial charge in [-0.1, -0.05) is 18.2 Å². The third-order valence-corrected chi connectivity index (χ3v) is 6.88. The van der Waals surface area contributed by atoms with Gasteiger partial charge in [0.15, 0.2) is 0 Å². The SMILES string of the molecule is Cc1ccc(C2=C(N3CCCCC3)C(=O)N(c3ccc(S(N)(=O)=O)cc3)C2=O)cc1C. The first-order valence-electron chi connectivity index (χ1n) is 10.3. The van der Waals surface area contributed by atoms with Crippen molar-refractivity contribution in [2.24, 2.45) is 5.14 Å². The monoisotopic (exact) mass is 439 g/mol. The molecule has 2 aromatic carbocycles. The summed E-state index contributed by atoms with van der Waals surface area (Å²) in [4.78, 5) is 30.1. The summed E-state index contributed by atoms with van der Waals surface area (Å²) in [5.74, 6) is -0.791. The van der Waals surface area contributed by atoms with E-state index in [0.717, 1.165) is 48.4 Å². The van der Waals surface area contributed by atoms with Crippen molar-refractivity contribution in [1.82, 2.24) is 4.90 Å². The van der Waals surface area contributed by atoms with Crippen molar-refractivity contribution in [1.29, 1.82) is 0 Å². The molecule has 2 aromatic rings. The van der Waals surface area contributed by atoms with Gasteiger partial charge in [0.2, 0.25) is 10.0 Å². The van der Waals surface area contributed by atoms with E-state index in [-0.39, 0.29) is 10.8 Å². The van der Waals surface area contributed by atoms with Gasteiger partial charge in [-0.2, -0.15) is 0 Å². The Bertz CT molecular complexity index is 1190. The molecule has 1 fully saturated rings. The van der Waals surface area contributed by atoms with Crippen molar-refractivity contribution >= 4 is 33.1 Å². The molecule has 2 aliphatic rings. The lowest BCUT2D eigenvalue weighted by molar-refractivity contribution is -0.120. The van der Waals surface area contributed by atoms with Gasteiger partial charge in [0.25, 0.3) is 11.8 Å². The predicted octanol–water partition coefficient (Wildman–Crippen LogP) is 2.72. The minimum atomic E-state index is -3.87. The van der Waals surface area contributed by atoms with Crippen LogP contribution in [-0.4, -0.2) is 38.2 Å². The van der Waals surface area contributed by atoms with Gasteiger partial charge in [-0.25, -0.2) is 18.5 Å². The Balaban J connectivity index is 1.81. The average Bonchev–Trinajstić information content (AvgIpc) is 3.00. The molecule has 31 heavy (non-hydrogen) atoms. The number of benzene rings is 2. The number of imide groups is 1. The highest BCUT2D eigenvalue weighted by Crippen LogP contribution is 2.36. The fraction of sp³-hybridized carbons (Fsp3) is 0.304. The fourth-order valence-corrected chi connectivity index (χ4v) is 4.62. The van der Waals surface area contributed by atoms with Gasteiger partial charge < -0.3 is 4.90 Å². The zero-order chi connectivity index (χ0) is 22.3. The summed E-state index contributed by atoms with van der Waals surface area (Å²) in [6.45, 7) is 5.42. The van der Waals surface area contributed by atoms with E-state index in [1.54, 1.807) is 0 Å². The second kappa shape index (κ2) is 7.94. The van der Waals surface area contributed by atoms with Gasteiger partial charge in [-0.3, -0.25) is 9.59 Å². The number of aryl methyl sites for hydroxylation is 2. The van der Waals surface area contributed by atoms with Gasteiger partial charge in [0, 0.05) is 13.1 Å². The van der Waals surface area contributed by atoms with E-state index in [9.17, 15) is 18.0 Å². The Hall–Kier alpha value is -2.97. The maximum absolute atomic E-state index is 13.5. The molecule has 7 nitrogen and oxygen atoms in total. The average molecular weight is 440 g/mol. The first-order chi connectivity index (χ1) is 14.7. The minimum Gasteiger partial charge on any atom is -0.366 e. The summed E-state index contributed by atoms with van der Waals surface area (Å²) in [5.41, 5.74) is 3.99. The Morgan fingerprint density at radius 3 is 2.06 bits per heavy atom. The van der Waals surface area contributed by atoms with Crippen LogP contribution in [0.5, 0.6) is 0 Å². The number of carbonyl (C=O) groups excluding carboxylic acids is 2. The van der Waals surface area contributed by atoms with E-state index >= 15 is 0 Å². The van der Waals surface area contributed by atoms with Crippen molar-refractivity contribution in [3.05, 3.63) is 64.9 Å². The number of anilines is 1. The first kappa shape index (κ1) is 21.3. The smallest absolute Gasteiger partial charge is 0.282 e. The van der Waals surface area contributed by atoms with Crippen molar-refractivity contribution < 1.29 is 18.0 Å². The van der Waals surface area contributed by atoms with Gasteiger partial charge in [0.1, 0.15) is 5.70 Å². The molecule has 0 saturated carbocycles. The molecule has 8 heteroatoms. The first-order valence-corrected chi connectivity index (χ1v) is 11.8. The molecule has 162 valence electrons. The number of nitrogens with zero attached hydrogens (tertiary/aromatic N) is 2. The standard InChI is InChI=1S/C23H25N3O4S/c1-15-6-7-17(14-16(15)2)20-21(25-12-4-3-5-13-25)23(28)26(22(20)27)18-8-10-19(11-9-18)31(24,29)30/h6-11,14H,3-5,12-13H2,1-2H3,(H2,24,29,30). The molecule has 0 aromatic heterocycles. The van der Waals surface area contributed by atoms with Gasteiger partial charge in [0.05, 0.1) is 16.2 Å². The molecule has 2 heterocycles. The van der Waals surface area contributed by atoms with Crippen molar-refractivity contribution in [3.8, 4) is 0 Å². The highest BCUT2D eigenvalue weighted by Gasteiger charge is 2.42. The molecule has 2 aliphatic heterocycles. The van der Waals surface area contributed by atoms with E-state index < -0.39 is 15.9 Å². The Morgan fingerprint density at radius 1 is 0.839 bits per heavy atom. The molecule has 4 rings (SSSR count). The highest BCUT2D eigenvalue weighted by molar-refractivity contribution is 7.89. The van der Waals surface area contributed by atoms with Crippen LogP contribution in [0.2, 0.25) is 0 Å². The highest BCUT2D eigenvalue weighted by atomic mass is 32.2. The lowest BCUT2D eigenvalue weighted by Gasteiger charge is -2.29. The summed E-state index contributed by atoms with van der Waals surface area (Å²) >= 11 is 0. The van der Waals surface area contributed by atoms with Crippen LogP contribution in [0.3, 0.4) is 0 Å². The van der Waals surface area contributed by atoms with E-state index in [4.69, 9.17) is 5.14 Å². The van der Waals surface area contributed by atoms with Gasteiger partial charge >= 0.3 is 0 Å². The summed E-state index contributed by atoms with van der Waals surface area (Å²) in [5, 5.41) is 5.17. The number of likely N-dealkylation sites (tertiary alicyclic amines) is 1.